The van der Waals surface area contributed by atoms with Gasteiger partial charge in [-0.2, -0.15) is 5.10 Å². The number of hydrogen-bond donors (Lipinski definition) is 1. The molecule has 1 unspecified atom stereocenters. The van der Waals surface area contributed by atoms with E-state index in [2.05, 4.69) is 76.8 Å². The van der Waals surface area contributed by atoms with Gasteiger partial charge in [0.15, 0.2) is 5.65 Å². The minimum absolute atomic E-state index is 0.0560. The number of fused-ring (bicyclic) bond motifs is 2. The first-order valence-electron chi connectivity index (χ1n) is 19.7. The molecule has 1 saturated heterocycles. The predicted octanol–water partition coefficient (Wildman–Crippen LogP) is 8.64. The van der Waals surface area contributed by atoms with Gasteiger partial charge in [-0.05, 0) is 125 Å². The third-order valence-electron chi connectivity index (χ3n) is 11.1. The molecule has 54 heavy (non-hydrogen) atoms. The number of amides is 1. The number of halogens is 1. The van der Waals surface area contributed by atoms with Crippen molar-refractivity contribution in [1.29, 1.82) is 0 Å². The zero-order valence-electron chi connectivity index (χ0n) is 32.7. The molecule has 1 amide bonds. The lowest BCUT2D eigenvalue weighted by Crippen LogP contribution is -2.38. The Balaban J connectivity index is 1.01. The molecule has 2 aromatic carbocycles. The van der Waals surface area contributed by atoms with Gasteiger partial charge in [-0.25, -0.2) is 9.07 Å². The van der Waals surface area contributed by atoms with Crippen LogP contribution >= 0.6 is 0 Å². The molecule has 0 bridgehead atoms. The van der Waals surface area contributed by atoms with E-state index in [1.807, 2.05) is 49.5 Å². The van der Waals surface area contributed by atoms with Crippen LogP contribution in [0.5, 0.6) is 5.75 Å². The number of aromatic nitrogens is 5. The van der Waals surface area contributed by atoms with Crippen LogP contribution in [0, 0.1) is 5.82 Å². The number of carbonyl (C=O) groups excluding carboxylic acids is 1. The van der Waals surface area contributed by atoms with Crippen LogP contribution in [-0.4, -0.2) is 68.4 Å². The fourth-order valence-electron chi connectivity index (χ4n) is 7.92. The van der Waals surface area contributed by atoms with Crippen LogP contribution in [0.3, 0.4) is 0 Å². The lowest BCUT2D eigenvalue weighted by atomic mass is 9.79. The van der Waals surface area contributed by atoms with Gasteiger partial charge in [-0.1, -0.05) is 45.0 Å². The van der Waals surface area contributed by atoms with Crippen molar-refractivity contribution in [2.45, 2.75) is 109 Å². The number of benzene rings is 2. The van der Waals surface area contributed by atoms with Crippen molar-refractivity contribution < 1.29 is 13.9 Å². The second kappa shape index (κ2) is 15.9. The molecule has 286 valence electrons. The van der Waals surface area contributed by atoms with E-state index in [1.165, 1.54) is 30.0 Å². The van der Waals surface area contributed by atoms with Gasteiger partial charge in [0.25, 0.3) is 0 Å². The minimum Gasteiger partial charge on any atom is -0.484 e. The van der Waals surface area contributed by atoms with Crippen molar-refractivity contribution in [2.24, 2.45) is 0 Å². The Morgan fingerprint density at radius 3 is 2.59 bits per heavy atom. The maximum absolute atomic E-state index is 14.7. The highest BCUT2D eigenvalue weighted by molar-refractivity contribution is 5.90. The standard InChI is InChI=1S/C43H55FN8O2/c1-29-12-9-10-24-50(29)42-47-46-39-22-19-33(28-51(39)42)54-37-21-17-30(34-14-7-8-15-35(34)37)13-11-16-41(53)45-40-27-38(43(2,3)4)48-52(40)32-18-20-36(44)31(26-32)23-25-49(5)6/h7-8,14-15,18-20,22,26-30,37H,9-13,16-17,21,23-25H2,1-6H3,(H,45,53)/t29-,30?,37+/m0/s1. The van der Waals surface area contributed by atoms with Crippen LogP contribution in [0.15, 0.2) is 66.9 Å². The summed E-state index contributed by atoms with van der Waals surface area (Å²) in [4.78, 5) is 17.9. The second-order valence-corrected chi connectivity index (χ2v) is 16.5. The average molecular weight is 735 g/mol. The molecule has 11 heteroatoms. The van der Waals surface area contributed by atoms with Crippen molar-refractivity contribution in [3.05, 3.63) is 95.1 Å². The summed E-state index contributed by atoms with van der Waals surface area (Å²) in [6.45, 7) is 10.3. The molecule has 7 rings (SSSR count). The normalized spacial score (nSPS) is 19.0. The van der Waals surface area contributed by atoms with E-state index in [9.17, 15) is 9.18 Å². The molecule has 5 aromatic rings. The van der Waals surface area contributed by atoms with Crippen LogP contribution in [0.4, 0.5) is 16.2 Å². The highest BCUT2D eigenvalue weighted by Crippen LogP contribution is 2.42. The second-order valence-electron chi connectivity index (χ2n) is 16.5. The molecular weight excluding hydrogens is 680 g/mol. The topological polar surface area (TPSA) is 92.8 Å². The summed E-state index contributed by atoms with van der Waals surface area (Å²) in [6, 6.07) is 20.0. The molecule has 2 aliphatic rings. The van der Waals surface area contributed by atoms with E-state index >= 15 is 0 Å². The van der Waals surface area contributed by atoms with Crippen molar-refractivity contribution in [3.8, 4) is 11.4 Å². The van der Waals surface area contributed by atoms with Gasteiger partial charge < -0.3 is 19.9 Å². The van der Waals surface area contributed by atoms with Gasteiger partial charge >= 0.3 is 0 Å². The summed E-state index contributed by atoms with van der Waals surface area (Å²) >= 11 is 0. The summed E-state index contributed by atoms with van der Waals surface area (Å²) in [6.07, 6.45) is 10.1. The Morgan fingerprint density at radius 2 is 1.81 bits per heavy atom. The summed E-state index contributed by atoms with van der Waals surface area (Å²) in [5.74, 6) is 2.35. The largest absolute Gasteiger partial charge is 0.484 e. The smallest absolute Gasteiger partial charge is 0.232 e. The fraction of sp³-hybridized carbons (Fsp3) is 0.488. The van der Waals surface area contributed by atoms with Crippen molar-refractivity contribution in [3.63, 3.8) is 0 Å². The summed E-state index contributed by atoms with van der Waals surface area (Å²) in [5, 5.41) is 17.0. The van der Waals surface area contributed by atoms with Crippen LogP contribution in [0.2, 0.25) is 0 Å². The van der Waals surface area contributed by atoms with Crippen molar-refractivity contribution in [1.82, 2.24) is 29.3 Å². The zero-order valence-corrected chi connectivity index (χ0v) is 32.7. The number of nitrogens with zero attached hydrogens (tertiary/aromatic N) is 7. The van der Waals surface area contributed by atoms with Crippen LogP contribution in [-0.2, 0) is 16.6 Å². The number of carbonyl (C=O) groups is 1. The quantitative estimate of drug-likeness (QED) is 0.137. The third-order valence-corrected chi connectivity index (χ3v) is 11.1. The number of pyridine rings is 1. The van der Waals surface area contributed by atoms with Gasteiger partial charge in [0.2, 0.25) is 11.9 Å². The van der Waals surface area contributed by atoms with E-state index in [4.69, 9.17) is 9.84 Å². The van der Waals surface area contributed by atoms with E-state index in [0.717, 1.165) is 73.9 Å². The van der Waals surface area contributed by atoms with Gasteiger partial charge in [-0.3, -0.25) is 9.20 Å². The van der Waals surface area contributed by atoms with Gasteiger partial charge in [-0.15, -0.1) is 10.2 Å². The lowest BCUT2D eigenvalue weighted by molar-refractivity contribution is -0.116. The summed E-state index contributed by atoms with van der Waals surface area (Å²) in [5.41, 5.74) is 5.32. The van der Waals surface area contributed by atoms with Crippen molar-refractivity contribution >= 4 is 23.3 Å². The molecule has 1 aliphatic carbocycles. The first-order chi connectivity index (χ1) is 25.9. The molecule has 10 nitrogen and oxygen atoms in total. The number of piperidine rings is 1. The fourth-order valence-corrected chi connectivity index (χ4v) is 7.92. The Hall–Kier alpha value is -4.77. The molecular formula is C43H55FN8O2. The van der Waals surface area contributed by atoms with E-state index < -0.39 is 0 Å². The lowest BCUT2D eigenvalue weighted by Gasteiger charge is -2.33. The first kappa shape index (κ1) is 37.5. The predicted molar refractivity (Wildman–Crippen MR) is 212 cm³/mol. The van der Waals surface area contributed by atoms with Gasteiger partial charge in [0, 0.05) is 37.0 Å². The van der Waals surface area contributed by atoms with Crippen LogP contribution < -0.4 is 15.0 Å². The summed E-state index contributed by atoms with van der Waals surface area (Å²) < 4.78 is 25.3. The Kier molecular flexibility index (Phi) is 11.1. The maximum atomic E-state index is 14.7. The highest BCUT2D eigenvalue weighted by atomic mass is 19.1. The van der Waals surface area contributed by atoms with E-state index in [1.54, 1.807) is 10.7 Å². The molecule has 3 aromatic heterocycles. The molecule has 1 fully saturated rings. The molecule has 1 aliphatic heterocycles. The molecule has 3 atom stereocenters. The molecule has 0 saturated carbocycles. The SMILES string of the molecule is C[C@H]1CCCCN1c1nnc2ccc(O[C@@H]3CCC(CCCC(=O)Nc4cc(C(C)(C)C)nn4-c4ccc(F)c(CCN(C)C)c4)c4ccccc43)cn12. The minimum atomic E-state index is -0.235. The van der Waals surface area contributed by atoms with Crippen LogP contribution in [0.25, 0.3) is 11.3 Å². The third kappa shape index (κ3) is 8.31. The van der Waals surface area contributed by atoms with Crippen LogP contribution in [0.1, 0.15) is 113 Å². The van der Waals surface area contributed by atoms with E-state index in [-0.39, 0.29) is 23.2 Å². The van der Waals surface area contributed by atoms with Gasteiger partial charge in [0.1, 0.15) is 23.5 Å². The monoisotopic (exact) mass is 734 g/mol. The zero-order chi connectivity index (χ0) is 38.0. The Bertz CT molecular complexity index is 2080. The Labute approximate surface area is 318 Å². The summed E-state index contributed by atoms with van der Waals surface area (Å²) in [7, 11) is 3.95. The number of rotatable bonds is 12. The first-order valence-corrected chi connectivity index (χ1v) is 19.7. The number of nitrogens with one attached hydrogen (secondary N) is 1. The van der Waals surface area contributed by atoms with Gasteiger partial charge in [0.05, 0.1) is 17.6 Å². The maximum Gasteiger partial charge on any atom is 0.232 e. The highest BCUT2D eigenvalue weighted by Gasteiger charge is 2.29. The van der Waals surface area contributed by atoms with E-state index in [0.29, 0.717) is 36.2 Å². The number of hydrogen-bond acceptors (Lipinski definition) is 7. The number of likely N-dealkylation sites (N-methyl/N-ethyl adjacent to an activating group) is 1. The molecule has 1 N–H and O–H groups in total. The average Bonchev–Trinajstić information content (AvgIpc) is 3.77. The number of anilines is 2. The number of ether oxygens (including phenoxy) is 1. The molecule has 0 spiro atoms. The Morgan fingerprint density at radius 1 is 1.00 bits per heavy atom. The van der Waals surface area contributed by atoms with Crippen molar-refractivity contribution in [2.75, 3.05) is 37.4 Å². The molecule has 0 radical (unpaired) electrons. The molecule has 4 heterocycles.